The molecule has 0 saturated carbocycles. The van der Waals surface area contributed by atoms with Crippen LogP contribution >= 0.6 is 0 Å². The normalized spacial score (nSPS) is 17.8. The van der Waals surface area contributed by atoms with Crippen molar-refractivity contribution >= 4 is 17.8 Å². The van der Waals surface area contributed by atoms with Crippen LogP contribution in [0.2, 0.25) is 0 Å². The van der Waals surface area contributed by atoms with Gasteiger partial charge >= 0.3 is 17.9 Å². The van der Waals surface area contributed by atoms with Crippen LogP contribution < -0.4 is 14.2 Å². The Morgan fingerprint density at radius 3 is 1.65 bits per heavy atom. The van der Waals surface area contributed by atoms with Crippen LogP contribution in [0.25, 0.3) is 0 Å². The van der Waals surface area contributed by atoms with Crippen molar-refractivity contribution in [1.82, 2.24) is 4.90 Å². The van der Waals surface area contributed by atoms with E-state index >= 15 is 4.79 Å². The lowest BCUT2D eigenvalue weighted by Gasteiger charge is -2.43. The molecule has 1 amide bonds. The Balaban J connectivity index is 1.53. The number of carbonyl (C=O) groups is 3. The van der Waals surface area contributed by atoms with Gasteiger partial charge in [-0.1, -0.05) is 91.0 Å². The van der Waals surface area contributed by atoms with Gasteiger partial charge in [-0.15, -0.1) is 0 Å². The fourth-order valence-electron chi connectivity index (χ4n) is 6.57. The van der Waals surface area contributed by atoms with Crippen molar-refractivity contribution in [1.29, 1.82) is 0 Å². The highest BCUT2D eigenvalue weighted by molar-refractivity contribution is 5.98. The van der Waals surface area contributed by atoms with Crippen LogP contribution in [-0.4, -0.2) is 49.0 Å². The first kappa shape index (κ1) is 33.1. The minimum Gasteiger partial charge on any atom is -0.467 e. The second-order valence-corrected chi connectivity index (χ2v) is 11.7. The van der Waals surface area contributed by atoms with Crippen molar-refractivity contribution in [2.75, 3.05) is 14.2 Å². The Morgan fingerprint density at radius 1 is 0.735 bits per heavy atom. The van der Waals surface area contributed by atoms with Gasteiger partial charge in [-0.05, 0) is 55.3 Å². The number of hydrogen-bond donors (Lipinski definition) is 0. The van der Waals surface area contributed by atoms with Gasteiger partial charge in [-0.25, -0.2) is 9.59 Å². The predicted molar refractivity (Wildman–Crippen MR) is 181 cm³/mol. The standard InChI is InChI=1S/C40H37NO8/c1-27-35(39(44)46-3)32-24-25-33(36(32)37(42)41(27)34(38(43)45-2)26-28-16-8-4-9-17-28)40(47-29-18-10-5-11-19-29,48-30-20-12-6-13-21-30)49-31-22-14-7-15-23-31/h4-23,25,32,34,36H,24,26H2,1-3H3. The molecule has 0 bridgehead atoms. The third kappa shape index (κ3) is 6.78. The molecule has 1 aliphatic heterocycles. The van der Waals surface area contributed by atoms with E-state index in [1.54, 1.807) is 43.3 Å². The lowest BCUT2D eigenvalue weighted by molar-refractivity contribution is -0.228. The smallest absolute Gasteiger partial charge is 0.444 e. The van der Waals surface area contributed by atoms with Crippen molar-refractivity contribution in [3.63, 3.8) is 0 Å². The molecule has 0 aromatic heterocycles. The Labute approximate surface area is 285 Å². The van der Waals surface area contributed by atoms with Gasteiger partial charge < -0.3 is 28.6 Å². The zero-order chi connectivity index (χ0) is 34.4. The van der Waals surface area contributed by atoms with E-state index in [1.807, 2.05) is 91.0 Å². The molecule has 0 radical (unpaired) electrons. The Hall–Kier alpha value is -5.83. The number of amides is 1. The van der Waals surface area contributed by atoms with Gasteiger partial charge in [0, 0.05) is 18.0 Å². The van der Waals surface area contributed by atoms with Crippen molar-refractivity contribution < 1.29 is 38.1 Å². The molecule has 4 aromatic rings. The molecule has 0 fully saturated rings. The van der Waals surface area contributed by atoms with E-state index in [-0.39, 0.29) is 18.4 Å². The van der Waals surface area contributed by atoms with Crippen molar-refractivity contribution in [2.24, 2.45) is 11.8 Å². The van der Waals surface area contributed by atoms with Crippen molar-refractivity contribution in [2.45, 2.75) is 31.8 Å². The van der Waals surface area contributed by atoms with Gasteiger partial charge in [-0.2, -0.15) is 0 Å². The summed E-state index contributed by atoms with van der Waals surface area (Å²) < 4.78 is 30.6. The summed E-state index contributed by atoms with van der Waals surface area (Å²) in [6, 6.07) is 35.3. The fourth-order valence-corrected chi connectivity index (χ4v) is 6.57. The van der Waals surface area contributed by atoms with Crippen LogP contribution in [0.15, 0.2) is 144 Å². The highest BCUT2D eigenvalue weighted by atomic mass is 16.9. The number of methoxy groups -OCH3 is 2. The summed E-state index contributed by atoms with van der Waals surface area (Å²) in [6.07, 6.45) is 2.25. The van der Waals surface area contributed by atoms with Gasteiger partial charge in [-0.3, -0.25) is 4.79 Å². The number of ether oxygens (including phenoxy) is 5. The quantitative estimate of drug-likeness (QED) is 0.0964. The molecule has 4 aromatic carbocycles. The predicted octanol–water partition coefficient (Wildman–Crippen LogP) is 6.51. The molecular formula is C40H37NO8. The minimum absolute atomic E-state index is 0.147. The number of fused-ring (bicyclic) bond motifs is 1. The molecule has 0 spiro atoms. The van der Waals surface area contributed by atoms with E-state index in [9.17, 15) is 9.59 Å². The zero-order valence-corrected chi connectivity index (χ0v) is 27.5. The maximum absolute atomic E-state index is 15.1. The number of esters is 2. The van der Waals surface area contributed by atoms with Crippen LogP contribution in [0.4, 0.5) is 0 Å². The summed E-state index contributed by atoms with van der Waals surface area (Å²) in [4.78, 5) is 43.5. The third-order valence-electron chi connectivity index (χ3n) is 8.76. The molecule has 6 rings (SSSR count). The molecule has 2 aliphatic rings. The number of carbonyl (C=O) groups excluding carboxylic acids is 3. The number of allylic oxidation sites excluding steroid dienone is 2. The number of para-hydroxylation sites is 3. The molecular weight excluding hydrogens is 622 g/mol. The molecule has 9 heteroatoms. The number of benzene rings is 4. The number of hydrogen-bond acceptors (Lipinski definition) is 8. The zero-order valence-electron chi connectivity index (χ0n) is 27.5. The molecule has 0 saturated heterocycles. The number of nitrogens with zero attached hydrogens (tertiary/aromatic N) is 1. The van der Waals surface area contributed by atoms with Crippen molar-refractivity contribution in [3.05, 3.63) is 150 Å². The average Bonchev–Trinajstić information content (AvgIpc) is 3.58. The van der Waals surface area contributed by atoms with E-state index in [1.165, 1.54) is 19.1 Å². The van der Waals surface area contributed by atoms with Crippen LogP contribution in [0, 0.1) is 11.8 Å². The first-order valence-electron chi connectivity index (χ1n) is 16.0. The molecule has 49 heavy (non-hydrogen) atoms. The molecule has 3 atom stereocenters. The number of rotatable bonds is 12. The molecule has 1 heterocycles. The lowest BCUT2D eigenvalue weighted by atomic mass is 9.78. The molecule has 3 unspecified atom stereocenters. The summed E-state index contributed by atoms with van der Waals surface area (Å²) in [5.41, 5.74) is 1.74. The van der Waals surface area contributed by atoms with Crippen LogP contribution in [-0.2, 0) is 30.3 Å². The first-order chi connectivity index (χ1) is 23.8. The Morgan fingerprint density at radius 2 is 1.20 bits per heavy atom. The maximum Gasteiger partial charge on any atom is 0.444 e. The molecule has 250 valence electrons. The highest BCUT2D eigenvalue weighted by Crippen LogP contribution is 2.50. The topological polar surface area (TPSA) is 101 Å². The second kappa shape index (κ2) is 14.5. The van der Waals surface area contributed by atoms with Crippen LogP contribution in [0.5, 0.6) is 17.2 Å². The largest absolute Gasteiger partial charge is 0.467 e. The lowest BCUT2D eigenvalue weighted by Crippen LogP contribution is -2.57. The average molecular weight is 660 g/mol. The van der Waals surface area contributed by atoms with E-state index in [2.05, 4.69) is 0 Å². The SMILES string of the molecule is COC(=O)C1=C(C)N(C(Cc2ccccc2)C(=O)OC)C(=O)C2C(C(Oc3ccccc3)(Oc3ccccc3)Oc3ccccc3)=CCC12. The van der Waals surface area contributed by atoms with Crippen LogP contribution in [0.1, 0.15) is 18.9 Å². The van der Waals surface area contributed by atoms with Gasteiger partial charge in [0.15, 0.2) is 0 Å². The summed E-state index contributed by atoms with van der Waals surface area (Å²) >= 11 is 0. The monoisotopic (exact) mass is 659 g/mol. The molecule has 0 N–H and O–H groups in total. The summed E-state index contributed by atoms with van der Waals surface area (Å²) in [7, 11) is 2.57. The van der Waals surface area contributed by atoms with Gasteiger partial charge in [0.05, 0.1) is 31.3 Å². The van der Waals surface area contributed by atoms with Crippen LogP contribution in [0.3, 0.4) is 0 Å². The summed E-state index contributed by atoms with van der Waals surface area (Å²) in [5, 5.41) is 0. The molecule has 1 aliphatic carbocycles. The Bertz CT molecular complexity index is 1740. The second-order valence-electron chi connectivity index (χ2n) is 11.7. The van der Waals surface area contributed by atoms with E-state index in [0.29, 0.717) is 28.5 Å². The third-order valence-corrected chi connectivity index (χ3v) is 8.76. The first-order valence-corrected chi connectivity index (χ1v) is 16.0. The maximum atomic E-state index is 15.1. The minimum atomic E-state index is -2.03. The van der Waals surface area contributed by atoms with Gasteiger partial charge in [0.25, 0.3) is 0 Å². The van der Waals surface area contributed by atoms with Crippen molar-refractivity contribution in [3.8, 4) is 17.2 Å². The Kier molecular flexibility index (Phi) is 9.80. The fraction of sp³-hybridized carbons (Fsp3) is 0.225. The van der Waals surface area contributed by atoms with Gasteiger partial charge in [0.2, 0.25) is 5.91 Å². The van der Waals surface area contributed by atoms with E-state index < -0.39 is 41.7 Å². The van der Waals surface area contributed by atoms with Gasteiger partial charge in [0.1, 0.15) is 23.3 Å². The highest BCUT2D eigenvalue weighted by Gasteiger charge is 2.58. The molecule has 9 nitrogen and oxygen atoms in total. The van der Waals surface area contributed by atoms with E-state index in [0.717, 1.165) is 5.56 Å². The van der Waals surface area contributed by atoms with E-state index in [4.69, 9.17) is 23.7 Å². The summed E-state index contributed by atoms with van der Waals surface area (Å²) in [5.74, 6) is -4.16. The summed E-state index contributed by atoms with van der Waals surface area (Å²) in [6.45, 7) is 1.66.